The molecule has 6 amide bonds. The smallest absolute Gasteiger partial charge is 0.411 e. The van der Waals surface area contributed by atoms with E-state index in [9.17, 15) is 38.7 Å². The lowest BCUT2D eigenvalue weighted by Crippen LogP contribution is -2.61. The van der Waals surface area contributed by atoms with Crippen molar-refractivity contribution in [1.29, 1.82) is 0 Å². The first-order valence-electron chi connectivity index (χ1n) is 26.2. The van der Waals surface area contributed by atoms with Crippen LogP contribution in [0.4, 0.5) is 15.3 Å². The van der Waals surface area contributed by atoms with Gasteiger partial charge in [-0.25, -0.2) is 14.4 Å². The summed E-state index contributed by atoms with van der Waals surface area (Å²) < 4.78 is 23.4. The molecule has 75 heavy (non-hydrogen) atoms. The number of benzene rings is 2. The highest BCUT2D eigenvalue weighted by molar-refractivity contribution is 8.76. The number of likely N-dealkylation sites (tertiary alicyclic amines) is 1. The summed E-state index contributed by atoms with van der Waals surface area (Å²) >= 11 is 0. The fourth-order valence-corrected chi connectivity index (χ4v) is 12.9. The zero-order valence-corrected chi connectivity index (χ0v) is 47.9. The van der Waals surface area contributed by atoms with E-state index in [0.29, 0.717) is 37.1 Å². The predicted molar refractivity (Wildman–Crippen MR) is 293 cm³/mol. The largest absolute Gasteiger partial charge is 0.480 e. The summed E-state index contributed by atoms with van der Waals surface area (Å²) in [6.07, 6.45) is 3.67. The number of carboxylic acids is 1. The van der Waals surface area contributed by atoms with Crippen molar-refractivity contribution < 1.29 is 57.6 Å². The minimum atomic E-state index is -1.18. The number of carboxylic acid groups (broad SMARTS) is 1. The number of carbonyl (C=O) groups is 7. The van der Waals surface area contributed by atoms with Crippen molar-refractivity contribution >= 4 is 69.1 Å². The van der Waals surface area contributed by atoms with E-state index in [4.69, 9.17) is 18.9 Å². The fraction of sp³-hybridized carbons (Fsp3) is 0.655. The van der Waals surface area contributed by atoms with Crippen molar-refractivity contribution in [2.45, 2.75) is 167 Å². The zero-order valence-electron chi connectivity index (χ0n) is 46.3. The van der Waals surface area contributed by atoms with E-state index < -0.39 is 83.7 Å². The van der Waals surface area contributed by atoms with Gasteiger partial charge >= 0.3 is 18.2 Å². The molecule has 2 aromatic carbocycles. The quantitative estimate of drug-likeness (QED) is 0.0623. The van der Waals surface area contributed by atoms with Gasteiger partial charge in [-0.05, 0) is 86.3 Å². The highest BCUT2D eigenvalue weighted by Crippen LogP contribution is 2.39. The van der Waals surface area contributed by atoms with Crippen molar-refractivity contribution in [3.63, 3.8) is 0 Å². The molecule has 2 aliphatic rings. The molecule has 4 rings (SSSR count). The number of aliphatic carboxylic acids is 1. The molecule has 1 unspecified atom stereocenters. The molecule has 0 spiro atoms. The van der Waals surface area contributed by atoms with Gasteiger partial charge in [0.15, 0.2) is 0 Å². The molecule has 1 aliphatic carbocycles. The molecule has 1 heterocycles. The standard InChI is InChI=1S/C55H84N6O12S2/c1-14-35(6)47(42(70-11)31-44(62)61-29-19-28-55(61,8)48(71-12)36(7)49(63)57-40(52(66)67)30-37-20-16-15-17-21-37)59(9)51(65)45(33(2)3)58-50(64)46(34(4)5)60(10)54(69)72-32-38-24-26-39(27-25-38)56-53(68)73-41-22-18-23-43(41)75-74-13/h15-17,20-21,24-27,33-36,40-43,45-48H,14,18-19,22-23,28-32H2,1-13H3,(H,56,68)(H,57,63)(H,58,64)(H,66,67)/t35-,36+,40-,41?,42+,43+,45-,46-,47-,48+,55-/m0/s1. The average Bonchev–Trinajstić information content (AvgIpc) is 3.99. The van der Waals surface area contributed by atoms with Crippen LogP contribution in [-0.4, -0.2) is 156 Å². The number of rotatable bonds is 27. The lowest BCUT2D eigenvalue weighted by molar-refractivity contribution is -0.153. The van der Waals surface area contributed by atoms with Gasteiger partial charge in [-0.1, -0.05) is 119 Å². The van der Waals surface area contributed by atoms with Crippen LogP contribution >= 0.6 is 21.6 Å². The monoisotopic (exact) mass is 1080 g/mol. The Kier molecular flexibility index (Phi) is 24.5. The van der Waals surface area contributed by atoms with Crippen molar-refractivity contribution in [1.82, 2.24) is 25.3 Å². The molecule has 0 aromatic heterocycles. The van der Waals surface area contributed by atoms with Crippen molar-refractivity contribution in [3.05, 3.63) is 65.7 Å². The first-order valence-corrected chi connectivity index (χ1v) is 28.8. The fourth-order valence-electron chi connectivity index (χ4n) is 10.7. The maximum Gasteiger partial charge on any atom is 0.411 e. The van der Waals surface area contributed by atoms with Crippen LogP contribution in [0.15, 0.2) is 54.6 Å². The second-order valence-corrected chi connectivity index (χ2v) is 23.6. The number of methoxy groups -OCH3 is 2. The van der Waals surface area contributed by atoms with Gasteiger partial charge in [0.1, 0.15) is 30.8 Å². The molecular formula is C55H84N6O12S2. The Morgan fingerprint density at radius 1 is 0.840 bits per heavy atom. The third kappa shape index (κ3) is 16.7. The number of anilines is 1. The van der Waals surface area contributed by atoms with Crippen LogP contribution in [0.3, 0.4) is 0 Å². The minimum Gasteiger partial charge on any atom is -0.480 e. The SMILES string of the molecule is CC[C@H](C)[C@@H]([C@@H](CC(=O)N1CCC[C@@]1(C)[C@H](OC)[C@@H](C)C(=O)N[C@@H](Cc1ccccc1)C(=O)O)OC)N(C)C(=O)[C@@H](NC(=O)[C@H](C(C)C)N(C)C(=O)OCc1ccc(NC(=O)OC2CCC[C@H]2SSC)cc1)C(C)C. The van der Waals surface area contributed by atoms with Crippen LogP contribution in [0.5, 0.6) is 0 Å². The summed E-state index contributed by atoms with van der Waals surface area (Å²) in [6.45, 7) is 15.1. The van der Waals surface area contributed by atoms with E-state index in [-0.39, 0.29) is 54.5 Å². The number of likely N-dealkylation sites (N-methyl/N-ethyl adjacent to an activating group) is 2. The van der Waals surface area contributed by atoms with E-state index in [0.717, 1.165) is 24.8 Å². The molecule has 1 aliphatic heterocycles. The molecule has 0 bridgehead atoms. The number of hydrogen-bond acceptors (Lipinski definition) is 13. The summed E-state index contributed by atoms with van der Waals surface area (Å²) in [5.74, 6) is -4.64. The van der Waals surface area contributed by atoms with Crippen molar-refractivity contribution in [2.24, 2.45) is 23.7 Å². The molecule has 1 saturated carbocycles. The molecule has 20 heteroatoms. The van der Waals surface area contributed by atoms with Crippen molar-refractivity contribution in [2.75, 3.05) is 46.4 Å². The molecule has 18 nitrogen and oxygen atoms in total. The lowest BCUT2D eigenvalue weighted by atomic mass is 9.82. The van der Waals surface area contributed by atoms with Crippen LogP contribution in [0.25, 0.3) is 0 Å². The summed E-state index contributed by atoms with van der Waals surface area (Å²) in [4.78, 5) is 100. The number of carbonyl (C=O) groups excluding carboxylic acids is 6. The first kappa shape index (κ1) is 62.5. The minimum absolute atomic E-state index is 0.0934. The van der Waals surface area contributed by atoms with E-state index in [1.807, 2.05) is 46.9 Å². The number of amides is 6. The van der Waals surface area contributed by atoms with Crippen LogP contribution < -0.4 is 16.0 Å². The first-order chi connectivity index (χ1) is 35.5. The van der Waals surface area contributed by atoms with Gasteiger partial charge in [-0.3, -0.25) is 29.4 Å². The predicted octanol–water partition coefficient (Wildman–Crippen LogP) is 8.02. The number of ether oxygens (including phenoxy) is 4. The molecule has 4 N–H and O–H groups in total. The summed E-state index contributed by atoms with van der Waals surface area (Å²) in [5.41, 5.74) is 1.00. The molecule has 2 aromatic rings. The van der Waals surface area contributed by atoms with Crippen molar-refractivity contribution in [3.8, 4) is 0 Å². The molecule has 0 radical (unpaired) electrons. The maximum absolute atomic E-state index is 14.7. The van der Waals surface area contributed by atoms with Crippen LogP contribution in [-0.2, 0) is 55.9 Å². The van der Waals surface area contributed by atoms with Gasteiger partial charge in [0.05, 0.1) is 41.4 Å². The molecule has 2 fully saturated rings. The normalized spacial score (nSPS) is 20.7. The molecule has 1 saturated heterocycles. The number of nitrogens with zero attached hydrogens (tertiary/aromatic N) is 3. The average molecular weight is 1090 g/mol. The van der Waals surface area contributed by atoms with Gasteiger partial charge in [0, 0.05) is 47.0 Å². The van der Waals surface area contributed by atoms with Gasteiger partial charge in [-0.2, -0.15) is 0 Å². The van der Waals surface area contributed by atoms with E-state index in [1.165, 1.54) is 26.2 Å². The Bertz CT molecular complexity index is 2210. The Labute approximate surface area is 452 Å². The lowest BCUT2D eigenvalue weighted by Gasteiger charge is -2.44. The van der Waals surface area contributed by atoms with Gasteiger partial charge < -0.3 is 44.5 Å². The van der Waals surface area contributed by atoms with Gasteiger partial charge in [0.25, 0.3) is 0 Å². The van der Waals surface area contributed by atoms with Gasteiger partial charge in [-0.15, -0.1) is 0 Å². The second kappa shape index (κ2) is 29.5. The highest BCUT2D eigenvalue weighted by Gasteiger charge is 2.50. The zero-order chi connectivity index (χ0) is 55.7. The number of nitrogens with one attached hydrogen (secondary N) is 3. The Balaban J connectivity index is 1.42. The van der Waals surface area contributed by atoms with Crippen LogP contribution in [0.2, 0.25) is 0 Å². The van der Waals surface area contributed by atoms with E-state index >= 15 is 0 Å². The Morgan fingerprint density at radius 3 is 2.08 bits per heavy atom. The third-order valence-corrected chi connectivity index (χ3v) is 17.3. The third-order valence-electron chi connectivity index (χ3n) is 15.0. The Morgan fingerprint density at radius 2 is 1.51 bits per heavy atom. The molecule has 11 atom stereocenters. The van der Waals surface area contributed by atoms with E-state index in [2.05, 4.69) is 16.0 Å². The summed E-state index contributed by atoms with van der Waals surface area (Å²) in [6, 6.07) is 12.1. The molecule has 418 valence electrons. The highest BCUT2D eigenvalue weighted by atomic mass is 33.1. The van der Waals surface area contributed by atoms with Crippen LogP contribution in [0.1, 0.15) is 111 Å². The van der Waals surface area contributed by atoms with Crippen LogP contribution in [0, 0.1) is 23.7 Å². The topological polar surface area (TPSA) is 222 Å². The summed E-state index contributed by atoms with van der Waals surface area (Å²) in [5, 5.41) is 18.7. The number of hydrogen-bond donors (Lipinski definition) is 4. The molecular weight excluding hydrogens is 1000 g/mol. The second-order valence-electron chi connectivity index (χ2n) is 20.9. The van der Waals surface area contributed by atoms with E-state index in [1.54, 1.807) is 108 Å². The summed E-state index contributed by atoms with van der Waals surface area (Å²) in [7, 11) is 9.50. The Hall–Kier alpha value is -5.05. The van der Waals surface area contributed by atoms with Gasteiger partial charge in [0.2, 0.25) is 23.6 Å². The maximum atomic E-state index is 14.7.